The van der Waals surface area contributed by atoms with E-state index in [1.54, 1.807) is 0 Å². The minimum atomic E-state index is -0.0469. The Morgan fingerprint density at radius 3 is 2.70 bits per heavy atom. The molecule has 1 saturated carbocycles. The summed E-state index contributed by atoms with van der Waals surface area (Å²) in [6.45, 7) is 1.11. The van der Waals surface area contributed by atoms with Crippen LogP contribution in [0.3, 0.4) is 0 Å². The number of urea groups is 1. The number of nitrogens with zero attached hydrogens (tertiary/aromatic N) is 1. The zero-order valence-corrected chi connectivity index (χ0v) is 11.4. The van der Waals surface area contributed by atoms with E-state index in [0.29, 0.717) is 19.1 Å². The summed E-state index contributed by atoms with van der Waals surface area (Å²) >= 11 is 0. The summed E-state index contributed by atoms with van der Waals surface area (Å²) in [5, 5.41) is 5.21. The van der Waals surface area contributed by atoms with E-state index in [1.165, 1.54) is 0 Å². The van der Waals surface area contributed by atoms with Crippen molar-refractivity contribution in [1.29, 1.82) is 0 Å². The van der Waals surface area contributed by atoms with Gasteiger partial charge in [-0.05, 0) is 24.3 Å². The maximum Gasteiger partial charge on any atom is 0.322 e. The van der Waals surface area contributed by atoms with E-state index in [-0.39, 0.29) is 6.03 Å². The fourth-order valence-corrected chi connectivity index (χ4v) is 2.50. The molecular formula is C16H19N3O. The van der Waals surface area contributed by atoms with Crippen LogP contribution < -0.4 is 11.1 Å². The van der Waals surface area contributed by atoms with Gasteiger partial charge in [-0.15, -0.1) is 0 Å². The van der Waals surface area contributed by atoms with E-state index in [2.05, 4.69) is 5.32 Å². The molecule has 0 bridgehead atoms. The fourth-order valence-electron chi connectivity index (χ4n) is 2.50. The standard InChI is InChI=1S/C16H19N3O/c17-10-11-19(13-8-9-13)16(20)18-15-7-3-5-12-4-1-2-6-14(12)15/h1-7,13H,8-11,17H2,(H,18,20). The molecule has 2 amide bonds. The predicted octanol–water partition coefficient (Wildman–Crippen LogP) is 2.79. The van der Waals surface area contributed by atoms with Gasteiger partial charge in [0.15, 0.2) is 0 Å². The molecule has 0 atom stereocenters. The number of carbonyl (C=O) groups is 1. The summed E-state index contributed by atoms with van der Waals surface area (Å²) in [6, 6.07) is 14.3. The van der Waals surface area contributed by atoms with E-state index in [1.807, 2.05) is 47.4 Å². The third-order valence-electron chi connectivity index (χ3n) is 3.65. The number of carbonyl (C=O) groups excluding carboxylic acids is 1. The Kier molecular flexibility index (Phi) is 3.56. The minimum absolute atomic E-state index is 0.0469. The van der Waals surface area contributed by atoms with E-state index < -0.39 is 0 Å². The van der Waals surface area contributed by atoms with Gasteiger partial charge in [0.1, 0.15) is 0 Å². The van der Waals surface area contributed by atoms with Crippen molar-refractivity contribution in [2.45, 2.75) is 18.9 Å². The molecule has 104 valence electrons. The largest absolute Gasteiger partial charge is 0.329 e. The smallest absolute Gasteiger partial charge is 0.322 e. The highest BCUT2D eigenvalue weighted by atomic mass is 16.2. The van der Waals surface area contributed by atoms with E-state index in [9.17, 15) is 4.79 Å². The van der Waals surface area contributed by atoms with Crippen LogP contribution in [-0.4, -0.2) is 30.1 Å². The Balaban J connectivity index is 1.83. The Labute approximate surface area is 118 Å². The molecule has 4 heteroatoms. The molecule has 2 aromatic rings. The van der Waals surface area contributed by atoms with Crippen molar-refractivity contribution in [1.82, 2.24) is 4.90 Å². The average molecular weight is 269 g/mol. The molecule has 1 fully saturated rings. The van der Waals surface area contributed by atoms with Crippen molar-refractivity contribution in [3.8, 4) is 0 Å². The number of hydrogen-bond acceptors (Lipinski definition) is 2. The van der Waals surface area contributed by atoms with Crippen LogP contribution in [0, 0.1) is 0 Å². The summed E-state index contributed by atoms with van der Waals surface area (Å²) in [5.41, 5.74) is 6.45. The van der Waals surface area contributed by atoms with Crippen LogP contribution in [0.2, 0.25) is 0 Å². The molecular weight excluding hydrogens is 250 g/mol. The van der Waals surface area contributed by atoms with Crippen molar-refractivity contribution in [3.05, 3.63) is 42.5 Å². The average Bonchev–Trinajstić information content (AvgIpc) is 3.29. The van der Waals surface area contributed by atoms with Gasteiger partial charge in [-0.3, -0.25) is 0 Å². The Hall–Kier alpha value is -2.07. The van der Waals surface area contributed by atoms with Gasteiger partial charge in [0, 0.05) is 24.5 Å². The molecule has 3 rings (SSSR count). The first-order valence-electron chi connectivity index (χ1n) is 7.05. The first-order valence-corrected chi connectivity index (χ1v) is 7.05. The highest BCUT2D eigenvalue weighted by Gasteiger charge is 2.32. The van der Waals surface area contributed by atoms with E-state index >= 15 is 0 Å². The summed E-state index contributed by atoms with van der Waals surface area (Å²) in [7, 11) is 0. The van der Waals surface area contributed by atoms with Gasteiger partial charge in [0.2, 0.25) is 0 Å². The van der Waals surface area contributed by atoms with Crippen molar-refractivity contribution in [2.75, 3.05) is 18.4 Å². The van der Waals surface area contributed by atoms with Crippen molar-refractivity contribution in [2.24, 2.45) is 5.73 Å². The number of benzene rings is 2. The molecule has 20 heavy (non-hydrogen) atoms. The maximum absolute atomic E-state index is 12.4. The number of rotatable bonds is 4. The number of nitrogens with two attached hydrogens (primary N) is 1. The van der Waals surface area contributed by atoms with Gasteiger partial charge in [-0.1, -0.05) is 36.4 Å². The van der Waals surface area contributed by atoms with Crippen molar-refractivity contribution < 1.29 is 4.79 Å². The fraction of sp³-hybridized carbons (Fsp3) is 0.312. The van der Waals surface area contributed by atoms with Gasteiger partial charge in [0.25, 0.3) is 0 Å². The highest BCUT2D eigenvalue weighted by molar-refractivity contribution is 6.01. The topological polar surface area (TPSA) is 58.4 Å². The predicted molar refractivity (Wildman–Crippen MR) is 81.7 cm³/mol. The molecule has 1 aliphatic carbocycles. The van der Waals surface area contributed by atoms with Gasteiger partial charge in [0.05, 0.1) is 5.69 Å². The summed E-state index contributed by atoms with van der Waals surface area (Å²) < 4.78 is 0. The molecule has 1 aliphatic rings. The second kappa shape index (κ2) is 5.51. The zero-order chi connectivity index (χ0) is 13.9. The van der Waals surface area contributed by atoms with Gasteiger partial charge >= 0.3 is 6.03 Å². The summed E-state index contributed by atoms with van der Waals surface area (Å²) in [6.07, 6.45) is 2.17. The number of nitrogens with one attached hydrogen (secondary N) is 1. The lowest BCUT2D eigenvalue weighted by molar-refractivity contribution is 0.210. The van der Waals surface area contributed by atoms with Crippen molar-refractivity contribution >= 4 is 22.5 Å². The molecule has 3 N–H and O–H groups in total. The number of anilines is 1. The second-order valence-electron chi connectivity index (χ2n) is 5.17. The molecule has 0 spiro atoms. The molecule has 4 nitrogen and oxygen atoms in total. The molecule has 0 aromatic heterocycles. The van der Waals surface area contributed by atoms with Crippen LogP contribution in [0.15, 0.2) is 42.5 Å². The van der Waals surface area contributed by atoms with Crippen LogP contribution in [0.1, 0.15) is 12.8 Å². The Morgan fingerprint density at radius 1 is 1.20 bits per heavy atom. The molecule has 0 aliphatic heterocycles. The lowest BCUT2D eigenvalue weighted by Crippen LogP contribution is -2.40. The van der Waals surface area contributed by atoms with Crippen LogP contribution in [-0.2, 0) is 0 Å². The zero-order valence-electron chi connectivity index (χ0n) is 11.4. The van der Waals surface area contributed by atoms with Crippen LogP contribution in [0.4, 0.5) is 10.5 Å². The molecule has 2 aromatic carbocycles. The monoisotopic (exact) mass is 269 g/mol. The number of amides is 2. The lowest BCUT2D eigenvalue weighted by atomic mass is 10.1. The molecule has 0 saturated heterocycles. The first kappa shape index (κ1) is 12.9. The van der Waals surface area contributed by atoms with Crippen LogP contribution in [0.25, 0.3) is 10.8 Å². The van der Waals surface area contributed by atoms with Gasteiger partial charge < -0.3 is 16.0 Å². The molecule has 0 unspecified atom stereocenters. The molecule has 0 radical (unpaired) electrons. The van der Waals surface area contributed by atoms with Gasteiger partial charge in [-0.2, -0.15) is 0 Å². The van der Waals surface area contributed by atoms with Crippen LogP contribution in [0.5, 0.6) is 0 Å². The first-order chi connectivity index (χ1) is 9.79. The number of hydrogen-bond donors (Lipinski definition) is 2. The second-order valence-corrected chi connectivity index (χ2v) is 5.17. The maximum atomic E-state index is 12.4. The lowest BCUT2D eigenvalue weighted by Gasteiger charge is -2.22. The highest BCUT2D eigenvalue weighted by Crippen LogP contribution is 2.28. The normalized spacial score (nSPS) is 14.2. The van der Waals surface area contributed by atoms with Gasteiger partial charge in [-0.25, -0.2) is 4.79 Å². The third-order valence-corrected chi connectivity index (χ3v) is 3.65. The quantitative estimate of drug-likeness (QED) is 0.896. The van der Waals surface area contributed by atoms with E-state index in [0.717, 1.165) is 29.3 Å². The SMILES string of the molecule is NCCN(C(=O)Nc1cccc2ccccc12)C1CC1. The van der Waals surface area contributed by atoms with Crippen molar-refractivity contribution in [3.63, 3.8) is 0 Å². The molecule has 0 heterocycles. The number of fused-ring (bicyclic) bond motifs is 1. The minimum Gasteiger partial charge on any atom is -0.329 e. The summed E-state index contributed by atoms with van der Waals surface area (Å²) in [5.74, 6) is 0. The third kappa shape index (κ3) is 2.60. The Morgan fingerprint density at radius 2 is 1.95 bits per heavy atom. The van der Waals surface area contributed by atoms with Crippen LogP contribution >= 0.6 is 0 Å². The van der Waals surface area contributed by atoms with E-state index in [4.69, 9.17) is 5.73 Å². The summed E-state index contributed by atoms with van der Waals surface area (Å²) in [4.78, 5) is 14.2. The Bertz CT molecular complexity index is 617.